The van der Waals surface area contributed by atoms with Crippen LogP contribution in [-0.2, 0) is 0 Å². The minimum absolute atomic E-state index is 0. The summed E-state index contributed by atoms with van der Waals surface area (Å²) in [7, 11) is 0. The maximum atomic E-state index is 13.0. The van der Waals surface area contributed by atoms with Crippen LogP contribution in [0.15, 0.2) is 12.1 Å². The molecular formula is C12H17ClF3NO. The highest BCUT2D eigenvalue weighted by Gasteiger charge is 2.30. The Morgan fingerprint density at radius 2 is 1.50 bits per heavy atom. The van der Waals surface area contributed by atoms with E-state index in [1.807, 2.05) is 0 Å². The molecule has 3 N–H and O–H groups in total. The Balaban J connectivity index is 0.00000289. The molecule has 0 radical (unpaired) electrons. The highest BCUT2D eigenvalue weighted by molar-refractivity contribution is 5.85. The van der Waals surface area contributed by atoms with Crippen molar-refractivity contribution in [2.75, 3.05) is 0 Å². The average molecular weight is 284 g/mol. The van der Waals surface area contributed by atoms with Crippen LogP contribution in [0.25, 0.3) is 0 Å². The van der Waals surface area contributed by atoms with Gasteiger partial charge in [-0.25, -0.2) is 13.2 Å². The molecule has 18 heavy (non-hydrogen) atoms. The van der Waals surface area contributed by atoms with E-state index in [1.54, 1.807) is 20.8 Å². The van der Waals surface area contributed by atoms with Crippen molar-refractivity contribution < 1.29 is 18.3 Å². The zero-order valence-corrected chi connectivity index (χ0v) is 11.2. The minimum atomic E-state index is -1.54. The third-order valence-electron chi connectivity index (χ3n) is 2.62. The Labute approximate surface area is 110 Å². The monoisotopic (exact) mass is 283 g/mol. The maximum absolute atomic E-state index is 13.0. The first-order valence-electron chi connectivity index (χ1n) is 5.22. The second-order valence-corrected chi connectivity index (χ2v) is 5.14. The van der Waals surface area contributed by atoms with E-state index in [0.29, 0.717) is 0 Å². The topological polar surface area (TPSA) is 46.2 Å². The van der Waals surface area contributed by atoms with Crippen LogP contribution in [0.4, 0.5) is 13.2 Å². The fourth-order valence-corrected chi connectivity index (χ4v) is 1.49. The van der Waals surface area contributed by atoms with Crippen LogP contribution in [-0.4, -0.2) is 11.2 Å². The number of aliphatic hydroxyl groups is 1. The average Bonchev–Trinajstić information content (AvgIpc) is 2.21. The molecule has 0 aromatic heterocycles. The van der Waals surface area contributed by atoms with Crippen molar-refractivity contribution in [2.24, 2.45) is 11.1 Å². The van der Waals surface area contributed by atoms with Crippen LogP contribution >= 0.6 is 12.4 Å². The summed E-state index contributed by atoms with van der Waals surface area (Å²) in [6.07, 6.45) is -0.994. The lowest BCUT2D eigenvalue weighted by Crippen LogP contribution is -2.37. The van der Waals surface area contributed by atoms with Gasteiger partial charge >= 0.3 is 0 Å². The van der Waals surface area contributed by atoms with Gasteiger partial charge in [0.25, 0.3) is 0 Å². The van der Waals surface area contributed by atoms with Gasteiger partial charge in [0.15, 0.2) is 17.5 Å². The molecule has 1 aromatic carbocycles. The number of nitrogens with two attached hydrogens (primary N) is 1. The van der Waals surface area contributed by atoms with Crippen molar-refractivity contribution >= 4 is 12.4 Å². The van der Waals surface area contributed by atoms with Gasteiger partial charge in [-0.1, -0.05) is 20.8 Å². The van der Waals surface area contributed by atoms with Crippen LogP contribution in [0.1, 0.15) is 32.4 Å². The second-order valence-electron chi connectivity index (χ2n) is 5.14. The molecule has 0 fully saturated rings. The van der Waals surface area contributed by atoms with Crippen LogP contribution in [0, 0.1) is 22.9 Å². The molecule has 6 heteroatoms. The molecule has 1 rings (SSSR count). The molecule has 2 nitrogen and oxygen atoms in total. The van der Waals surface area contributed by atoms with Crippen molar-refractivity contribution in [1.29, 1.82) is 0 Å². The third kappa shape index (κ3) is 3.60. The highest BCUT2D eigenvalue weighted by atomic mass is 35.5. The molecule has 0 heterocycles. The Morgan fingerprint density at radius 1 is 1.11 bits per heavy atom. The second kappa shape index (κ2) is 5.91. The lowest BCUT2D eigenvalue weighted by Gasteiger charge is -2.31. The maximum Gasteiger partial charge on any atom is 0.194 e. The number of rotatable bonds is 2. The largest absolute Gasteiger partial charge is 0.391 e. The fourth-order valence-electron chi connectivity index (χ4n) is 1.49. The predicted molar refractivity (Wildman–Crippen MR) is 66.0 cm³/mol. The molecule has 0 saturated carbocycles. The predicted octanol–water partition coefficient (Wildman–Crippen LogP) is 2.93. The summed E-state index contributed by atoms with van der Waals surface area (Å²) >= 11 is 0. The Hall–Kier alpha value is -0.780. The van der Waals surface area contributed by atoms with Crippen LogP contribution in [0.2, 0.25) is 0 Å². The van der Waals surface area contributed by atoms with E-state index >= 15 is 0 Å². The number of halogens is 4. The van der Waals surface area contributed by atoms with E-state index in [2.05, 4.69) is 0 Å². The highest BCUT2D eigenvalue weighted by Crippen LogP contribution is 2.29. The molecule has 2 atom stereocenters. The van der Waals surface area contributed by atoms with Gasteiger partial charge in [-0.3, -0.25) is 0 Å². The lowest BCUT2D eigenvalue weighted by molar-refractivity contribution is 0.0399. The summed E-state index contributed by atoms with van der Waals surface area (Å²) in [6, 6.07) is 0.635. The van der Waals surface area contributed by atoms with Gasteiger partial charge in [0.05, 0.1) is 12.1 Å². The van der Waals surface area contributed by atoms with Crippen molar-refractivity contribution in [2.45, 2.75) is 32.9 Å². The van der Waals surface area contributed by atoms with Crippen molar-refractivity contribution in [3.05, 3.63) is 35.1 Å². The van der Waals surface area contributed by atoms with E-state index in [4.69, 9.17) is 5.73 Å². The first kappa shape index (κ1) is 17.2. The quantitative estimate of drug-likeness (QED) is 0.820. The zero-order valence-electron chi connectivity index (χ0n) is 10.4. The smallest absolute Gasteiger partial charge is 0.194 e. The molecule has 104 valence electrons. The van der Waals surface area contributed by atoms with E-state index in [0.717, 1.165) is 12.1 Å². The van der Waals surface area contributed by atoms with Crippen molar-refractivity contribution in [3.63, 3.8) is 0 Å². The van der Waals surface area contributed by atoms with Crippen LogP contribution < -0.4 is 5.73 Å². The Kier molecular flexibility index (Phi) is 5.65. The first-order chi connectivity index (χ1) is 7.64. The Bertz CT molecular complexity index is 397. The summed E-state index contributed by atoms with van der Waals surface area (Å²) in [4.78, 5) is 0. The molecule has 0 aliphatic rings. The lowest BCUT2D eigenvalue weighted by atomic mass is 9.82. The molecule has 0 amide bonds. The van der Waals surface area contributed by atoms with E-state index in [9.17, 15) is 18.3 Å². The van der Waals surface area contributed by atoms with Gasteiger partial charge in [0.1, 0.15) is 0 Å². The van der Waals surface area contributed by atoms with E-state index in [-0.39, 0.29) is 18.0 Å². The summed E-state index contributed by atoms with van der Waals surface area (Å²) in [5, 5.41) is 9.90. The van der Waals surface area contributed by atoms with Crippen LogP contribution in [0.3, 0.4) is 0 Å². The summed E-state index contributed by atoms with van der Waals surface area (Å²) in [5.41, 5.74) is 5.20. The number of hydrogen-bond donors (Lipinski definition) is 2. The van der Waals surface area contributed by atoms with Crippen molar-refractivity contribution in [3.8, 4) is 0 Å². The van der Waals surface area contributed by atoms with Gasteiger partial charge < -0.3 is 10.8 Å². The molecule has 0 aliphatic carbocycles. The van der Waals surface area contributed by atoms with Gasteiger partial charge in [-0.15, -0.1) is 12.4 Å². The zero-order chi connectivity index (χ0) is 13.4. The summed E-state index contributed by atoms with van der Waals surface area (Å²) in [5.74, 6) is -4.15. The van der Waals surface area contributed by atoms with Crippen molar-refractivity contribution in [1.82, 2.24) is 0 Å². The first-order valence-corrected chi connectivity index (χ1v) is 5.22. The Morgan fingerprint density at radius 3 is 1.83 bits per heavy atom. The normalized spacial score (nSPS) is 14.9. The number of aliphatic hydroxyl groups excluding tert-OH is 1. The molecular weight excluding hydrogens is 267 g/mol. The van der Waals surface area contributed by atoms with Gasteiger partial charge in [0.2, 0.25) is 0 Å². The van der Waals surface area contributed by atoms with E-state index in [1.165, 1.54) is 0 Å². The van der Waals surface area contributed by atoms with Gasteiger partial charge in [-0.05, 0) is 23.1 Å². The number of hydrogen-bond acceptors (Lipinski definition) is 2. The molecule has 0 spiro atoms. The number of benzene rings is 1. The van der Waals surface area contributed by atoms with Gasteiger partial charge in [-0.2, -0.15) is 0 Å². The molecule has 1 aromatic rings. The summed E-state index contributed by atoms with van der Waals surface area (Å²) in [6.45, 7) is 5.23. The standard InChI is InChI=1S/C12H16F3NO.ClH/c1-12(2,3)11(17)10(16)6-4-7(13)9(15)8(14)5-6;/h4-5,10-11,17H,16H2,1-3H3;1H/t10-,11-;/m0./s1. The molecule has 0 unspecified atom stereocenters. The minimum Gasteiger partial charge on any atom is -0.391 e. The third-order valence-corrected chi connectivity index (χ3v) is 2.62. The SMILES string of the molecule is CC(C)(C)[C@@H](O)[C@@H](N)c1cc(F)c(F)c(F)c1.Cl. The molecule has 0 aliphatic heterocycles. The summed E-state index contributed by atoms with van der Waals surface area (Å²) < 4.78 is 38.8. The molecule has 0 bridgehead atoms. The van der Waals surface area contributed by atoms with E-state index < -0.39 is 35.0 Å². The van der Waals surface area contributed by atoms with Gasteiger partial charge in [0, 0.05) is 0 Å². The molecule has 0 saturated heterocycles. The van der Waals surface area contributed by atoms with Crippen LogP contribution in [0.5, 0.6) is 0 Å². The fraction of sp³-hybridized carbons (Fsp3) is 0.500.